The van der Waals surface area contributed by atoms with Gasteiger partial charge in [-0.2, -0.15) is 12.7 Å². The second-order valence-corrected chi connectivity index (χ2v) is 4.80. The molecule has 1 saturated heterocycles. The van der Waals surface area contributed by atoms with Gasteiger partial charge in [0.2, 0.25) is 0 Å². The number of hydrogen-bond acceptors (Lipinski definition) is 3. The Morgan fingerprint density at radius 1 is 1.58 bits per heavy atom. The molecule has 0 bridgehead atoms. The topological polar surface area (TPSA) is 66.5 Å². The van der Waals surface area contributed by atoms with Gasteiger partial charge >= 0.3 is 0 Å². The molecule has 0 spiro atoms. The summed E-state index contributed by atoms with van der Waals surface area (Å²) in [5.74, 6) is -0.192. The number of nitrogens with one attached hydrogen (secondary N) is 1. The van der Waals surface area contributed by atoms with Crippen molar-refractivity contribution >= 4 is 16.0 Å². The van der Waals surface area contributed by atoms with Crippen molar-refractivity contribution in [1.82, 2.24) is 9.03 Å². The lowest BCUT2D eigenvalue weighted by Crippen LogP contribution is -2.51. The molecule has 1 unspecified atom stereocenters. The van der Waals surface area contributed by atoms with Crippen molar-refractivity contribution in [3.63, 3.8) is 0 Å². The molecule has 0 aliphatic carbocycles. The van der Waals surface area contributed by atoms with Crippen LogP contribution in [0.1, 0.15) is 6.92 Å². The molecule has 1 aliphatic rings. The Bertz CT molecular complexity index is 285. The number of ketones is 1. The Labute approximate surface area is 71.9 Å². The predicted octanol–water partition coefficient (Wildman–Crippen LogP) is -1.03. The summed E-state index contributed by atoms with van der Waals surface area (Å²) in [6, 6.07) is 0. The van der Waals surface area contributed by atoms with Gasteiger partial charge in [0.1, 0.15) is 5.78 Å². The van der Waals surface area contributed by atoms with E-state index in [0.29, 0.717) is 0 Å². The third kappa shape index (κ3) is 1.82. The fourth-order valence-electron chi connectivity index (χ4n) is 1.06. The van der Waals surface area contributed by atoms with Crippen LogP contribution in [0.2, 0.25) is 0 Å². The monoisotopic (exact) mass is 192 g/mol. The summed E-state index contributed by atoms with van der Waals surface area (Å²) < 4.78 is 25.6. The Balaban J connectivity index is 2.71. The average Bonchev–Trinajstić information content (AvgIpc) is 1.94. The molecule has 12 heavy (non-hydrogen) atoms. The molecule has 0 amide bonds. The number of rotatable bonds is 1. The zero-order valence-corrected chi connectivity index (χ0v) is 7.89. The maximum Gasteiger partial charge on any atom is 0.279 e. The minimum Gasteiger partial charge on any atom is -0.300 e. The van der Waals surface area contributed by atoms with Crippen LogP contribution in [-0.4, -0.2) is 38.6 Å². The van der Waals surface area contributed by atoms with Crippen LogP contribution in [0.3, 0.4) is 0 Å². The van der Waals surface area contributed by atoms with E-state index in [1.54, 1.807) is 0 Å². The first-order valence-corrected chi connectivity index (χ1v) is 5.09. The minimum atomic E-state index is -3.30. The van der Waals surface area contributed by atoms with E-state index < -0.39 is 10.2 Å². The number of Topliss-reactive ketones (excluding diaryl/α,β-unsaturated/α-hetero) is 1. The van der Waals surface area contributed by atoms with Gasteiger partial charge in [0, 0.05) is 26.1 Å². The Hall–Kier alpha value is -0.460. The molecular formula is C6H12N2O3S. The zero-order chi connectivity index (χ0) is 9.35. The third-order valence-corrected chi connectivity index (χ3v) is 3.48. The minimum absolute atomic E-state index is 0.0178. The molecule has 0 saturated carbocycles. The Morgan fingerprint density at radius 2 is 2.17 bits per heavy atom. The largest absolute Gasteiger partial charge is 0.300 e. The molecule has 6 heteroatoms. The number of carbonyl (C=O) groups excluding carboxylic acids is 1. The fourth-order valence-corrected chi connectivity index (χ4v) is 2.07. The second kappa shape index (κ2) is 3.12. The normalized spacial score (nSPS) is 30.0. The zero-order valence-electron chi connectivity index (χ0n) is 7.07. The maximum atomic E-state index is 11.1. The van der Waals surface area contributed by atoms with Crippen LogP contribution in [0.15, 0.2) is 0 Å². The molecule has 70 valence electrons. The highest BCUT2D eigenvalue weighted by molar-refractivity contribution is 7.87. The first-order chi connectivity index (χ1) is 5.43. The predicted molar refractivity (Wildman–Crippen MR) is 43.7 cm³/mol. The van der Waals surface area contributed by atoms with Crippen LogP contribution in [-0.2, 0) is 15.0 Å². The summed E-state index contributed by atoms with van der Waals surface area (Å²) in [6.45, 7) is 1.98. The van der Waals surface area contributed by atoms with E-state index >= 15 is 0 Å². The van der Waals surface area contributed by atoms with Crippen molar-refractivity contribution in [3.05, 3.63) is 0 Å². The molecular weight excluding hydrogens is 180 g/mol. The summed E-state index contributed by atoms with van der Waals surface area (Å²) >= 11 is 0. The van der Waals surface area contributed by atoms with Crippen LogP contribution >= 0.6 is 0 Å². The van der Waals surface area contributed by atoms with E-state index in [2.05, 4.69) is 4.72 Å². The first kappa shape index (κ1) is 9.63. The van der Waals surface area contributed by atoms with Gasteiger partial charge in [-0.05, 0) is 6.92 Å². The second-order valence-electron chi connectivity index (χ2n) is 2.94. The van der Waals surface area contributed by atoms with Crippen molar-refractivity contribution in [2.24, 2.45) is 5.92 Å². The summed E-state index contributed by atoms with van der Waals surface area (Å²) in [7, 11) is -1.84. The highest BCUT2D eigenvalue weighted by Crippen LogP contribution is 2.09. The van der Waals surface area contributed by atoms with E-state index in [-0.39, 0.29) is 24.8 Å². The van der Waals surface area contributed by atoms with Crippen LogP contribution in [0, 0.1) is 5.92 Å². The lowest BCUT2D eigenvalue weighted by molar-refractivity contribution is -0.120. The molecule has 1 atom stereocenters. The molecule has 1 fully saturated rings. The van der Waals surface area contributed by atoms with E-state index in [9.17, 15) is 13.2 Å². The van der Waals surface area contributed by atoms with Gasteiger partial charge in [0.05, 0.1) is 0 Å². The van der Waals surface area contributed by atoms with Crippen molar-refractivity contribution in [2.75, 3.05) is 20.1 Å². The van der Waals surface area contributed by atoms with Gasteiger partial charge in [0.15, 0.2) is 0 Å². The number of carbonyl (C=O) groups is 1. The summed E-state index contributed by atoms with van der Waals surface area (Å²) in [5.41, 5.74) is 0. The van der Waals surface area contributed by atoms with Gasteiger partial charge in [-0.25, -0.2) is 4.72 Å². The van der Waals surface area contributed by atoms with E-state index in [1.165, 1.54) is 14.0 Å². The highest BCUT2D eigenvalue weighted by Gasteiger charge is 2.30. The van der Waals surface area contributed by atoms with Gasteiger partial charge in [-0.15, -0.1) is 0 Å². The molecule has 1 heterocycles. The average molecular weight is 192 g/mol. The van der Waals surface area contributed by atoms with Crippen LogP contribution < -0.4 is 4.72 Å². The molecule has 1 rings (SSSR count). The SMILES string of the molecule is CC(=O)C1CNS(=O)(=O)N(C)C1. The van der Waals surface area contributed by atoms with Gasteiger partial charge in [-0.1, -0.05) is 0 Å². The number of nitrogens with zero attached hydrogens (tertiary/aromatic N) is 1. The molecule has 0 aromatic rings. The molecule has 0 radical (unpaired) electrons. The Kier molecular flexibility index (Phi) is 2.50. The highest BCUT2D eigenvalue weighted by atomic mass is 32.2. The van der Waals surface area contributed by atoms with Gasteiger partial charge < -0.3 is 0 Å². The van der Waals surface area contributed by atoms with Crippen molar-refractivity contribution < 1.29 is 13.2 Å². The third-order valence-electron chi connectivity index (χ3n) is 1.97. The molecule has 1 aliphatic heterocycles. The summed E-state index contributed by atoms with van der Waals surface area (Å²) in [5, 5.41) is 0. The first-order valence-electron chi connectivity index (χ1n) is 3.65. The smallest absolute Gasteiger partial charge is 0.279 e. The van der Waals surface area contributed by atoms with Crippen molar-refractivity contribution in [3.8, 4) is 0 Å². The summed E-state index contributed by atoms with van der Waals surface area (Å²) in [4.78, 5) is 10.9. The molecule has 0 aromatic heterocycles. The maximum absolute atomic E-state index is 11.1. The lowest BCUT2D eigenvalue weighted by Gasteiger charge is -2.28. The van der Waals surface area contributed by atoms with Crippen molar-refractivity contribution in [2.45, 2.75) is 6.92 Å². The van der Waals surface area contributed by atoms with E-state index in [4.69, 9.17) is 0 Å². The van der Waals surface area contributed by atoms with Crippen LogP contribution in [0.4, 0.5) is 0 Å². The van der Waals surface area contributed by atoms with Gasteiger partial charge in [0.25, 0.3) is 10.2 Å². The molecule has 5 nitrogen and oxygen atoms in total. The fraction of sp³-hybridized carbons (Fsp3) is 0.833. The van der Waals surface area contributed by atoms with E-state index in [0.717, 1.165) is 4.31 Å². The lowest BCUT2D eigenvalue weighted by atomic mass is 10.1. The van der Waals surface area contributed by atoms with E-state index in [1.807, 2.05) is 0 Å². The molecule has 1 N–H and O–H groups in total. The number of hydrogen-bond donors (Lipinski definition) is 1. The Morgan fingerprint density at radius 3 is 2.58 bits per heavy atom. The summed E-state index contributed by atoms with van der Waals surface area (Å²) in [6.07, 6.45) is 0. The molecule has 0 aromatic carbocycles. The van der Waals surface area contributed by atoms with Crippen molar-refractivity contribution in [1.29, 1.82) is 0 Å². The van der Waals surface area contributed by atoms with Crippen LogP contribution in [0.5, 0.6) is 0 Å². The standard InChI is InChI=1S/C6H12N2O3S/c1-5(9)6-3-7-12(10,11)8(2)4-6/h6-7H,3-4H2,1-2H3. The van der Waals surface area contributed by atoms with Crippen LogP contribution in [0.25, 0.3) is 0 Å². The quantitative estimate of drug-likeness (QED) is 0.577. The van der Waals surface area contributed by atoms with Gasteiger partial charge in [-0.3, -0.25) is 4.79 Å².